The standard InChI is InChI=1S/C13H20FNO3S2/c1-10(6-7-19-3)15(2)20(17,18)13-5-4-11(9-16)8-12(13)14/h4-5,8,10,16H,6-7,9H2,1-3H3. The van der Waals surface area contributed by atoms with Crippen LogP contribution in [0.15, 0.2) is 23.1 Å². The fourth-order valence-electron chi connectivity index (χ4n) is 1.71. The number of rotatable bonds is 7. The molecule has 0 bridgehead atoms. The third-order valence-electron chi connectivity index (χ3n) is 3.20. The fraction of sp³-hybridized carbons (Fsp3) is 0.538. The molecule has 0 spiro atoms. The lowest BCUT2D eigenvalue weighted by Gasteiger charge is -2.24. The van der Waals surface area contributed by atoms with E-state index in [1.54, 1.807) is 18.7 Å². The summed E-state index contributed by atoms with van der Waals surface area (Å²) in [4.78, 5) is -0.354. The fourth-order valence-corrected chi connectivity index (χ4v) is 3.73. The topological polar surface area (TPSA) is 57.6 Å². The summed E-state index contributed by atoms with van der Waals surface area (Å²) in [7, 11) is -2.40. The highest BCUT2D eigenvalue weighted by atomic mass is 32.2. The van der Waals surface area contributed by atoms with Gasteiger partial charge in [0.15, 0.2) is 0 Å². The predicted molar refractivity (Wildman–Crippen MR) is 79.7 cm³/mol. The maximum Gasteiger partial charge on any atom is 0.245 e. The van der Waals surface area contributed by atoms with Crippen LogP contribution in [-0.2, 0) is 16.6 Å². The van der Waals surface area contributed by atoms with Crippen LogP contribution in [0.1, 0.15) is 18.9 Å². The van der Waals surface area contributed by atoms with E-state index in [1.807, 2.05) is 6.26 Å². The zero-order valence-corrected chi connectivity index (χ0v) is 13.5. The minimum atomic E-state index is -3.86. The average Bonchev–Trinajstić information content (AvgIpc) is 2.43. The summed E-state index contributed by atoms with van der Waals surface area (Å²) in [5.74, 6) is 0.00734. The Labute approximate surface area is 124 Å². The quantitative estimate of drug-likeness (QED) is 0.835. The third-order valence-corrected chi connectivity index (χ3v) is 5.85. The van der Waals surface area contributed by atoms with Crippen molar-refractivity contribution in [3.05, 3.63) is 29.6 Å². The first-order valence-corrected chi connectivity index (χ1v) is 9.04. The van der Waals surface area contributed by atoms with E-state index >= 15 is 0 Å². The van der Waals surface area contributed by atoms with Crippen LogP contribution in [0.4, 0.5) is 4.39 Å². The molecule has 0 aliphatic heterocycles. The van der Waals surface area contributed by atoms with E-state index in [2.05, 4.69) is 0 Å². The van der Waals surface area contributed by atoms with Gasteiger partial charge in [0, 0.05) is 13.1 Å². The second-order valence-electron chi connectivity index (χ2n) is 4.57. The molecule has 0 heterocycles. The summed E-state index contributed by atoms with van der Waals surface area (Å²) in [6.45, 7) is 1.48. The lowest BCUT2D eigenvalue weighted by molar-refractivity contribution is 0.281. The van der Waals surface area contributed by atoms with Crippen LogP contribution in [0, 0.1) is 5.82 Å². The molecule has 1 rings (SSSR count). The van der Waals surface area contributed by atoms with Crippen LogP contribution in [0.5, 0.6) is 0 Å². The lowest BCUT2D eigenvalue weighted by Crippen LogP contribution is -2.35. The van der Waals surface area contributed by atoms with Gasteiger partial charge in [-0.1, -0.05) is 6.07 Å². The smallest absolute Gasteiger partial charge is 0.245 e. The zero-order valence-electron chi connectivity index (χ0n) is 11.8. The summed E-state index contributed by atoms with van der Waals surface area (Å²) < 4.78 is 39.8. The highest BCUT2D eigenvalue weighted by Gasteiger charge is 2.27. The molecule has 0 saturated carbocycles. The van der Waals surface area contributed by atoms with E-state index in [4.69, 9.17) is 5.11 Å². The van der Waals surface area contributed by atoms with E-state index in [9.17, 15) is 12.8 Å². The second kappa shape index (κ2) is 7.40. The molecule has 1 N–H and O–H groups in total. The summed E-state index contributed by atoms with van der Waals surface area (Å²) in [6, 6.07) is 3.46. The van der Waals surface area contributed by atoms with Gasteiger partial charge in [-0.3, -0.25) is 0 Å². The number of aliphatic hydroxyl groups is 1. The van der Waals surface area contributed by atoms with Crippen molar-refractivity contribution in [3.8, 4) is 0 Å². The predicted octanol–water partition coefficient (Wildman–Crippen LogP) is 2.08. The first kappa shape index (κ1) is 17.4. The van der Waals surface area contributed by atoms with Crippen molar-refractivity contribution >= 4 is 21.8 Å². The molecule has 0 amide bonds. The van der Waals surface area contributed by atoms with Crippen molar-refractivity contribution in [1.82, 2.24) is 4.31 Å². The monoisotopic (exact) mass is 321 g/mol. The molecule has 4 nitrogen and oxygen atoms in total. The van der Waals surface area contributed by atoms with E-state index < -0.39 is 15.8 Å². The molecular weight excluding hydrogens is 301 g/mol. The van der Waals surface area contributed by atoms with Gasteiger partial charge in [-0.05, 0) is 43.0 Å². The van der Waals surface area contributed by atoms with Crippen molar-refractivity contribution in [3.63, 3.8) is 0 Å². The molecule has 0 aliphatic carbocycles. The van der Waals surface area contributed by atoms with Crippen molar-refractivity contribution in [2.75, 3.05) is 19.1 Å². The van der Waals surface area contributed by atoms with Crippen molar-refractivity contribution in [2.24, 2.45) is 0 Å². The van der Waals surface area contributed by atoms with Crippen LogP contribution >= 0.6 is 11.8 Å². The molecule has 1 aromatic rings. The number of aliphatic hydroxyl groups excluding tert-OH is 1. The van der Waals surface area contributed by atoms with Crippen molar-refractivity contribution in [2.45, 2.75) is 30.9 Å². The van der Waals surface area contributed by atoms with E-state index in [1.165, 1.54) is 23.5 Å². The molecule has 0 radical (unpaired) electrons. The summed E-state index contributed by atoms with van der Waals surface area (Å²) in [5.41, 5.74) is 0.347. The highest BCUT2D eigenvalue weighted by Crippen LogP contribution is 2.22. The minimum Gasteiger partial charge on any atom is -0.392 e. The van der Waals surface area contributed by atoms with Crippen LogP contribution in [0.2, 0.25) is 0 Å². The molecule has 20 heavy (non-hydrogen) atoms. The molecule has 114 valence electrons. The van der Waals surface area contributed by atoms with E-state index in [0.29, 0.717) is 12.0 Å². The Balaban J connectivity index is 3.04. The second-order valence-corrected chi connectivity index (χ2v) is 7.53. The largest absolute Gasteiger partial charge is 0.392 e. The molecule has 0 fully saturated rings. The van der Waals surface area contributed by atoms with Gasteiger partial charge in [-0.2, -0.15) is 16.1 Å². The summed E-state index contributed by atoms with van der Waals surface area (Å²) >= 11 is 1.64. The van der Waals surface area contributed by atoms with Gasteiger partial charge in [0.2, 0.25) is 10.0 Å². The maximum absolute atomic E-state index is 13.9. The summed E-state index contributed by atoms with van der Waals surface area (Å²) in [5, 5.41) is 8.92. The average molecular weight is 321 g/mol. The number of halogens is 1. The first-order chi connectivity index (χ1) is 9.34. The summed E-state index contributed by atoms with van der Waals surface area (Å²) in [6.07, 6.45) is 2.65. The molecule has 7 heteroatoms. The number of sulfonamides is 1. The minimum absolute atomic E-state index is 0.204. The van der Waals surface area contributed by atoms with Crippen molar-refractivity contribution in [1.29, 1.82) is 0 Å². The van der Waals surface area contributed by atoms with Crippen molar-refractivity contribution < 1.29 is 17.9 Å². The van der Waals surface area contributed by atoms with Gasteiger partial charge in [0.25, 0.3) is 0 Å². The van der Waals surface area contributed by atoms with Gasteiger partial charge in [-0.25, -0.2) is 12.8 Å². The third kappa shape index (κ3) is 3.94. The van der Waals surface area contributed by atoms with Crippen LogP contribution in [-0.4, -0.2) is 42.9 Å². The Morgan fingerprint density at radius 1 is 1.45 bits per heavy atom. The lowest BCUT2D eigenvalue weighted by atomic mass is 10.2. The van der Waals surface area contributed by atoms with Gasteiger partial charge < -0.3 is 5.11 Å². The van der Waals surface area contributed by atoms with Gasteiger partial charge >= 0.3 is 0 Å². The van der Waals surface area contributed by atoms with Crippen LogP contribution in [0.25, 0.3) is 0 Å². The molecule has 1 unspecified atom stereocenters. The van der Waals surface area contributed by atoms with E-state index in [-0.39, 0.29) is 17.5 Å². The molecule has 0 aromatic heterocycles. The molecular formula is C13H20FNO3S2. The Hall–Kier alpha value is -0.630. The Morgan fingerprint density at radius 3 is 2.60 bits per heavy atom. The number of thioether (sulfide) groups is 1. The zero-order chi connectivity index (χ0) is 15.3. The molecule has 1 aromatic carbocycles. The van der Waals surface area contributed by atoms with E-state index in [0.717, 1.165) is 11.8 Å². The number of benzene rings is 1. The number of hydrogen-bond acceptors (Lipinski definition) is 4. The molecule has 0 aliphatic rings. The Kier molecular flexibility index (Phi) is 6.44. The maximum atomic E-state index is 13.9. The van der Waals surface area contributed by atoms with Gasteiger partial charge in [-0.15, -0.1) is 0 Å². The number of hydrogen-bond donors (Lipinski definition) is 1. The number of nitrogens with zero attached hydrogens (tertiary/aromatic N) is 1. The van der Waals surface area contributed by atoms with Crippen LogP contribution in [0.3, 0.4) is 0 Å². The normalized spacial score (nSPS) is 13.7. The Bertz CT molecular complexity index is 549. The molecule has 0 saturated heterocycles. The van der Waals surface area contributed by atoms with Crippen LogP contribution < -0.4 is 0 Å². The van der Waals surface area contributed by atoms with Gasteiger partial charge in [0.05, 0.1) is 6.61 Å². The van der Waals surface area contributed by atoms with Gasteiger partial charge in [0.1, 0.15) is 10.7 Å². The Morgan fingerprint density at radius 2 is 2.10 bits per heavy atom. The molecule has 1 atom stereocenters. The highest BCUT2D eigenvalue weighted by molar-refractivity contribution is 7.98. The SMILES string of the molecule is CSCCC(C)N(C)S(=O)(=O)c1ccc(CO)cc1F. The first-order valence-electron chi connectivity index (χ1n) is 6.20.